The molecule has 0 fully saturated rings. The monoisotopic (exact) mass is 336 g/mol. The quantitative estimate of drug-likeness (QED) is 0.695. The van der Waals surface area contributed by atoms with Crippen LogP contribution in [0, 0.1) is 5.41 Å². The van der Waals surface area contributed by atoms with Gasteiger partial charge in [-0.05, 0) is 37.1 Å². The van der Waals surface area contributed by atoms with Crippen LogP contribution in [0.25, 0.3) is 5.57 Å². The molecule has 0 heterocycles. The lowest BCUT2D eigenvalue weighted by atomic mass is 10.1. The van der Waals surface area contributed by atoms with Crippen molar-refractivity contribution in [2.45, 2.75) is 26.4 Å². The zero-order valence-electron chi connectivity index (χ0n) is 14.6. The highest BCUT2D eigenvalue weighted by atomic mass is 16.2. The molecule has 0 unspecified atom stereocenters. The normalized spacial score (nSPS) is 11.2. The molecule has 0 spiro atoms. The first-order valence-electron chi connectivity index (χ1n) is 8.19. The summed E-state index contributed by atoms with van der Waals surface area (Å²) in [5, 5.41) is 10.2. The van der Waals surface area contributed by atoms with E-state index in [0.29, 0.717) is 17.8 Å². The van der Waals surface area contributed by atoms with E-state index in [1.807, 2.05) is 56.3 Å². The molecule has 5 nitrogen and oxygen atoms in total. The maximum absolute atomic E-state index is 12.6. The van der Waals surface area contributed by atoms with E-state index < -0.39 is 0 Å². The SMILES string of the molecule is CC(C)N(Cc1ccccc1)C(=O)Nc1ccc(/C(C=N)=C/N)cc1. The molecule has 0 aliphatic carbocycles. The van der Waals surface area contributed by atoms with Crippen LogP contribution in [-0.2, 0) is 6.54 Å². The fourth-order valence-corrected chi connectivity index (χ4v) is 2.44. The van der Waals surface area contributed by atoms with Gasteiger partial charge in [-0.3, -0.25) is 0 Å². The van der Waals surface area contributed by atoms with Gasteiger partial charge < -0.3 is 21.4 Å². The average molecular weight is 336 g/mol. The number of hydrogen-bond acceptors (Lipinski definition) is 3. The highest BCUT2D eigenvalue weighted by Gasteiger charge is 2.17. The van der Waals surface area contributed by atoms with Gasteiger partial charge in [0.1, 0.15) is 0 Å². The van der Waals surface area contributed by atoms with Gasteiger partial charge in [-0.1, -0.05) is 42.5 Å². The van der Waals surface area contributed by atoms with Gasteiger partial charge in [0.2, 0.25) is 0 Å². The molecule has 25 heavy (non-hydrogen) atoms. The molecule has 4 N–H and O–H groups in total. The molecule has 0 saturated carbocycles. The van der Waals surface area contributed by atoms with Gasteiger partial charge in [0, 0.05) is 36.3 Å². The molecule has 0 bridgehead atoms. The van der Waals surface area contributed by atoms with E-state index >= 15 is 0 Å². The Labute approximate surface area is 148 Å². The van der Waals surface area contributed by atoms with Crippen LogP contribution in [0.3, 0.4) is 0 Å². The summed E-state index contributed by atoms with van der Waals surface area (Å²) in [6.45, 7) is 4.54. The lowest BCUT2D eigenvalue weighted by Gasteiger charge is -2.27. The van der Waals surface area contributed by atoms with Crippen LogP contribution in [0.2, 0.25) is 0 Å². The second-order valence-electron chi connectivity index (χ2n) is 5.98. The molecule has 2 rings (SSSR count). The summed E-state index contributed by atoms with van der Waals surface area (Å²) in [5.41, 5.74) is 8.75. The molecule has 0 saturated heterocycles. The van der Waals surface area contributed by atoms with Gasteiger partial charge in [-0.2, -0.15) is 0 Å². The standard InChI is InChI=1S/C20H24N4O/c1-15(2)24(14-16-6-4-3-5-7-16)20(25)23-19-10-8-17(9-11-19)18(12-21)13-22/h3-13,15,21H,14,22H2,1-2H3,(H,23,25)/b18-13+,21-12?. The molecule has 0 atom stereocenters. The van der Waals surface area contributed by atoms with Crippen LogP contribution in [0.4, 0.5) is 10.5 Å². The molecule has 0 aliphatic rings. The summed E-state index contributed by atoms with van der Waals surface area (Å²) in [4.78, 5) is 14.4. The van der Waals surface area contributed by atoms with Crippen LogP contribution >= 0.6 is 0 Å². The molecule has 0 radical (unpaired) electrons. The fraction of sp³-hybridized carbons (Fsp3) is 0.200. The topological polar surface area (TPSA) is 82.2 Å². The van der Waals surface area contributed by atoms with Gasteiger partial charge in [-0.25, -0.2) is 4.79 Å². The lowest BCUT2D eigenvalue weighted by Crippen LogP contribution is -2.39. The highest BCUT2D eigenvalue weighted by molar-refractivity contribution is 6.08. The number of anilines is 1. The summed E-state index contributed by atoms with van der Waals surface area (Å²) < 4.78 is 0. The van der Waals surface area contributed by atoms with Crippen molar-refractivity contribution in [3.05, 3.63) is 71.9 Å². The third kappa shape index (κ3) is 4.94. The van der Waals surface area contributed by atoms with Crippen molar-refractivity contribution in [1.82, 2.24) is 4.90 Å². The number of nitrogens with one attached hydrogen (secondary N) is 2. The second-order valence-corrected chi connectivity index (χ2v) is 5.98. The third-order valence-corrected chi connectivity index (χ3v) is 3.88. The summed E-state index contributed by atoms with van der Waals surface area (Å²) in [5.74, 6) is 0. The van der Waals surface area contributed by atoms with E-state index in [0.717, 1.165) is 11.1 Å². The van der Waals surface area contributed by atoms with Crippen molar-refractivity contribution in [1.29, 1.82) is 5.41 Å². The molecule has 2 aromatic rings. The minimum atomic E-state index is -0.145. The summed E-state index contributed by atoms with van der Waals surface area (Å²) in [7, 11) is 0. The van der Waals surface area contributed by atoms with Crippen molar-refractivity contribution < 1.29 is 4.79 Å². The van der Waals surface area contributed by atoms with Gasteiger partial charge in [-0.15, -0.1) is 0 Å². The number of allylic oxidation sites excluding steroid dienone is 1. The van der Waals surface area contributed by atoms with Crippen LogP contribution in [0.1, 0.15) is 25.0 Å². The number of benzene rings is 2. The van der Waals surface area contributed by atoms with E-state index in [4.69, 9.17) is 11.1 Å². The molecule has 130 valence electrons. The number of urea groups is 1. The number of carbonyl (C=O) groups excluding carboxylic acids is 1. The van der Waals surface area contributed by atoms with Crippen molar-refractivity contribution in [3.8, 4) is 0 Å². The molecular weight excluding hydrogens is 312 g/mol. The number of nitrogens with two attached hydrogens (primary N) is 1. The largest absolute Gasteiger partial charge is 0.404 e. The van der Waals surface area contributed by atoms with E-state index in [9.17, 15) is 4.79 Å². The predicted octanol–water partition coefficient (Wildman–Crippen LogP) is 4.08. The molecule has 2 amide bonds. The Morgan fingerprint density at radius 3 is 2.32 bits per heavy atom. The Bertz CT molecular complexity index is 736. The van der Waals surface area contributed by atoms with Gasteiger partial charge in [0.25, 0.3) is 0 Å². The smallest absolute Gasteiger partial charge is 0.322 e. The minimum Gasteiger partial charge on any atom is -0.404 e. The van der Waals surface area contributed by atoms with Gasteiger partial charge in [0.05, 0.1) is 0 Å². The molecular formula is C20H24N4O. The molecule has 2 aromatic carbocycles. The van der Waals surface area contributed by atoms with E-state index in [1.165, 1.54) is 12.4 Å². The van der Waals surface area contributed by atoms with Gasteiger partial charge in [0.15, 0.2) is 0 Å². The van der Waals surface area contributed by atoms with E-state index in [1.54, 1.807) is 17.0 Å². The summed E-state index contributed by atoms with van der Waals surface area (Å²) in [6, 6.07) is 17.1. The van der Waals surface area contributed by atoms with Crippen LogP contribution in [0.15, 0.2) is 60.8 Å². The average Bonchev–Trinajstić information content (AvgIpc) is 2.62. The van der Waals surface area contributed by atoms with Crippen molar-refractivity contribution in [2.24, 2.45) is 5.73 Å². The zero-order chi connectivity index (χ0) is 18.2. The summed E-state index contributed by atoms with van der Waals surface area (Å²) >= 11 is 0. The van der Waals surface area contributed by atoms with Crippen molar-refractivity contribution in [3.63, 3.8) is 0 Å². The number of rotatable bonds is 6. The number of carbonyl (C=O) groups is 1. The second kappa shape index (κ2) is 8.68. The maximum atomic E-state index is 12.6. The summed E-state index contributed by atoms with van der Waals surface area (Å²) in [6.07, 6.45) is 2.59. The van der Waals surface area contributed by atoms with Gasteiger partial charge >= 0.3 is 6.03 Å². The van der Waals surface area contributed by atoms with Crippen molar-refractivity contribution in [2.75, 3.05) is 5.32 Å². The van der Waals surface area contributed by atoms with Crippen LogP contribution in [0.5, 0.6) is 0 Å². The van der Waals surface area contributed by atoms with E-state index in [-0.39, 0.29) is 12.1 Å². The van der Waals surface area contributed by atoms with Crippen molar-refractivity contribution >= 4 is 23.5 Å². The first-order chi connectivity index (χ1) is 12.0. The molecule has 0 aromatic heterocycles. The number of amides is 2. The highest BCUT2D eigenvalue weighted by Crippen LogP contribution is 2.17. The number of hydrogen-bond donors (Lipinski definition) is 3. The zero-order valence-corrected chi connectivity index (χ0v) is 14.6. The number of nitrogens with zero attached hydrogens (tertiary/aromatic N) is 1. The first kappa shape index (κ1) is 18.3. The Morgan fingerprint density at radius 2 is 1.80 bits per heavy atom. The Morgan fingerprint density at radius 1 is 1.16 bits per heavy atom. The van der Waals surface area contributed by atoms with Crippen LogP contribution < -0.4 is 11.1 Å². The Kier molecular flexibility index (Phi) is 6.34. The minimum absolute atomic E-state index is 0.0733. The van der Waals surface area contributed by atoms with E-state index in [2.05, 4.69) is 5.32 Å². The van der Waals surface area contributed by atoms with Crippen LogP contribution in [-0.4, -0.2) is 23.2 Å². The third-order valence-electron chi connectivity index (χ3n) is 3.88. The fourth-order valence-electron chi connectivity index (χ4n) is 2.44. The maximum Gasteiger partial charge on any atom is 0.322 e. The Hall–Kier alpha value is -3.08. The molecule has 0 aliphatic heterocycles. The molecule has 5 heteroatoms. The predicted molar refractivity (Wildman–Crippen MR) is 104 cm³/mol. The Balaban J connectivity index is 2.09. The first-order valence-corrected chi connectivity index (χ1v) is 8.19. The lowest BCUT2D eigenvalue weighted by molar-refractivity contribution is 0.193.